The first-order chi connectivity index (χ1) is 11.3. The second-order valence-corrected chi connectivity index (χ2v) is 7.90. The number of esters is 1. The molecule has 1 heterocycles. The summed E-state index contributed by atoms with van der Waals surface area (Å²) in [5.74, 6) is -0.250. The molecule has 0 unspecified atom stereocenters. The number of fused-ring (bicyclic) bond motifs is 1. The van der Waals surface area contributed by atoms with Crippen molar-refractivity contribution in [2.45, 2.75) is 45.6 Å². The zero-order chi connectivity index (χ0) is 17.3. The van der Waals surface area contributed by atoms with E-state index in [1.165, 1.54) is 11.3 Å². The Morgan fingerprint density at radius 1 is 1.17 bits per heavy atom. The Balaban J connectivity index is 2.00. The summed E-state index contributed by atoms with van der Waals surface area (Å²) < 4.78 is 5.52. The van der Waals surface area contributed by atoms with Crippen molar-refractivity contribution in [3.63, 3.8) is 0 Å². The summed E-state index contributed by atoms with van der Waals surface area (Å²) in [6, 6.07) is 9.67. The molecule has 4 nitrogen and oxygen atoms in total. The largest absolute Gasteiger partial charge is 0.456 e. The quantitative estimate of drug-likeness (QED) is 0.800. The molecule has 0 bridgehead atoms. The lowest BCUT2D eigenvalue weighted by Crippen LogP contribution is -2.24. The highest BCUT2D eigenvalue weighted by atomic mass is 32.1. The molecule has 1 aliphatic rings. The zero-order valence-electron chi connectivity index (χ0n) is 14.1. The van der Waals surface area contributed by atoms with Crippen LogP contribution < -0.4 is 5.32 Å². The Morgan fingerprint density at radius 3 is 2.54 bits per heavy atom. The molecule has 0 saturated heterocycles. The Bertz CT molecular complexity index is 772. The maximum atomic E-state index is 12.6. The zero-order valence-corrected chi connectivity index (χ0v) is 15.0. The van der Waals surface area contributed by atoms with Gasteiger partial charge in [0.05, 0.1) is 5.56 Å². The normalized spacial score (nSPS) is 14.2. The average molecular weight is 343 g/mol. The van der Waals surface area contributed by atoms with Gasteiger partial charge in [0.1, 0.15) is 15.5 Å². The molecule has 1 aromatic carbocycles. The predicted octanol–water partition coefficient (Wildman–Crippen LogP) is 4.97. The first-order valence-corrected chi connectivity index (χ1v) is 8.91. The van der Waals surface area contributed by atoms with Gasteiger partial charge in [-0.05, 0) is 51.3 Å². The van der Waals surface area contributed by atoms with E-state index in [2.05, 4.69) is 5.32 Å². The van der Waals surface area contributed by atoms with Gasteiger partial charge in [-0.1, -0.05) is 18.2 Å². The van der Waals surface area contributed by atoms with Gasteiger partial charge >= 0.3 is 5.97 Å². The maximum Gasteiger partial charge on any atom is 0.349 e. The van der Waals surface area contributed by atoms with Crippen molar-refractivity contribution in [1.82, 2.24) is 0 Å². The highest BCUT2D eigenvalue weighted by molar-refractivity contribution is 7.18. The molecule has 0 aliphatic heterocycles. The Kier molecular flexibility index (Phi) is 4.45. The van der Waals surface area contributed by atoms with Crippen LogP contribution in [0.4, 0.5) is 10.7 Å². The van der Waals surface area contributed by atoms with Crippen LogP contribution in [0.1, 0.15) is 59.2 Å². The van der Waals surface area contributed by atoms with E-state index in [4.69, 9.17) is 4.74 Å². The van der Waals surface area contributed by atoms with Crippen LogP contribution in [0.3, 0.4) is 0 Å². The highest BCUT2D eigenvalue weighted by Crippen LogP contribution is 2.40. The van der Waals surface area contributed by atoms with Crippen LogP contribution in [0.2, 0.25) is 0 Å². The number of rotatable bonds is 3. The minimum absolute atomic E-state index is 0.0979. The van der Waals surface area contributed by atoms with E-state index in [1.807, 2.05) is 51.1 Å². The Morgan fingerprint density at radius 2 is 1.88 bits per heavy atom. The smallest absolute Gasteiger partial charge is 0.349 e. The first-order valence-electron chi connectivity index (χ1n) is 8.09. The number of para-hydroxylation sites is 1. The molecule has 2 aromatic rings. The number of Topliss-reactive ketones (excluding diaryl/α,β-unsaturated/α-hetero) is 1. The van der Waals surface area contributed by atoms with Crippen molar-refractivity contribution in [2.75, 3.05) is 5.32 Å². The number of benzene rings is 1. The SMILES string of the molecule is CC(C)(C)OC(=O)c1sc(Nc2ccccc2)c2c1CCCC2=O. The molecule has 24 heavy (non-hydrogen) atoms. The molecule has 1 aromatic heterocycles. The standard InChI is InChI=1S/C19H21NO3S/c1-19(2,3)23-18(22)16-13-10-7-11-14(21)15(13)17(24-16)20-12-8-5-4-6-9-12/h4-6,8-9,20H,7,10-11H2,1-3H3. The van der Waals surface area contributed by atoms with Gasteiger partial charge in [0.25, 0.3) is 0 Å². The van der Waals surface area contributed by atoms with Crippen LogP contribution in [0.25, 0.3) is 0 Å². The van der Waals surface area contributed by atoms with Crippen molar-refractivity contribution < 1.29 is 14.3 Å². The van der Waals surface area contributed by atoms with Gasteiger partial charge in [-0.15, -0.1) is 11.3 Å². The van der Waals surface area contributed by atoms with Gasteiger partial charge in [-0.3, -0.25) is 4.79 Å². The third-order valence-electron chi connectivity index (χ3n) is 3.73. The lowest BCUT2D eigenvalue weighted by molar-refractivity contribution is 0.00741. The van der Waals surface area contributed by atoms with E-state index < -0.39 is 5.60 Å². The van der Waals surface area contributed by atoms with Crippen LogP contribution in [0.5, 0.6) is 0 Å². The summed E-state index contributed by atoms with van der Waals surface area (Å²) in [6.07, 6.45) is 2.05. The third kappa shape index (κ3) is 3.51. The molecule has 0 radical (unpaired) electrons. The number of hydrogen-bond donors (Lipinski definition) is 1. The highest BCUT2D eigenvalue weighted by Gasteiger charge is 2.31. The topological polar surface area (TPSA) is 55.4 Å². The van der Waals surface area contributed by atoms with E-state index >= 15 is 0 Å². The summed E-state index contributed by atoms with van der Waals surface area (Å²) in [6.45, 7) is 5.54. The fraction of sp³-hybridized carbons (Fsp3) is 0.368. The molecule has 0 atom stereocenters. The van der Waals surface area contributed by atoms with Crippen molar-refractivity contribution in [3.05, 3.63) is 46.3 Å². The molecule has 0 amide bonds. The number of hydrogen-bond acceptors (Lipinski definition) is 5. The number of carbonyl (C=O) groups excluding carboxylic acids is 2. The van der Waals surface area contributed by atoms with Crippen molar-refractivity contribution in [1.29, 1.82) is 0 Å². The van der Waals surface area contributed by atoms with Gasteiger partial charge in [-0.25, -0.2) is 4.79 Å². The molecule has 3 rings (SSSR count). The number of ether oxygens (including phenoxy) is 1. The summed E-state index contributed by atoms with van der Waals surface area (Å²) in [5.41, 5.74) is 1.84. The van der Waals surface area contributed by atoms with E-state index in [1.54, 1.807) is 0 Å². The van der Waals surface area contributed by atoms with Crippen molar-refractivity contribution in [3.8, 4) is 0 Å². The van der Waals surface area contributed by atoms with E-state index in [0.717, 1.165) is 29.1 Å². The average Bonchev–Trinajstić information content (AvgIpc) is 2.87. The first kappa shape index (κ1) is 16.7. The number of nitrogens with one attached hydrogen (secondary N) is 1. The molecular weight excluding hydrogens is 322 g/mol. The number of thiophene rings is 1. The molecule has 126 valence electrons. The Labute approximate surface area is 145 Å². The number of anilines is 2. The molecule has 0 saturated carbocycles. The predicted molar refractivity (Wildman–Crippen MR) is 96.5 cm³/mol. The molecule has 0 spiro atoms. The van der Waals surface area contributed by atoms with Crippen molar-refractivity contribution >= 4 is 33.8 Å². The molecular formula is C19H21NO3S. The summed E-state index contributed by atoms with van der Waals surface area (Å²) in [7, 11) is 0. The summed E-state index contributed by atoms with van der Waals surface area (Å²) in [5, 5.41) is 4.03. The third-order valence-corrected chi connectivity index (χ3v) is 4.86. The van der Waals surface area contributed by atoms with Gasteiger partial charge < -0.3 is 10.1 Å². The van der Waals surface area contributed by atoms with Gasteiger partial charge in [0, 0.05) is 12.1 Å². The second-order valence-electron chi connectivity index (χ2n) is 6.88. The minimum Gasteiger partial charge on any atom is -0.456 e. The second kappa shape index (κ2) is 6.40. The fourth-order valence-electron chi connectivity index (χ4n) is 2.78. The maximum absolute atomic E-state index is 12.6. The van der Waals surface area contributed by atoms with Crippen LogP contribution in [-0.2, 0) is 11.2 Å². The summed E-state index contributed by atoms with van der Waals surface area (Å²) >= 11 is 1.32. The molecule has 5 heteroatoms. The molecule has 0 fully saturated rings. The van der Waals surface area contributed by atoms with Crippen LogP contribution >= 0.6 is 11.3 Å². The minimum atomic E-state index is -0.556. The molecule has 1 aliphatic carbocycles. The Hall–Kier alpha value is -2.14. The van der Waals surface area contributed by atoms with Crippen LogP contribution in [-0.4, -0.2) is 17.4 Å². The van der Waals surface area contributed by atoms with Crippen LogP contribution in [0, 0.1) is 0 Å². The van der Waals surface area contributed by atoms with Gasteiger partial charge in [0.15, 0.2) is 5.78 Å². The lowest BCUT2D eigenvalue weighted by Gasteiger charge is -2.20. The number of carbonyl (C=O) groups is 2. The van der Waals surface area contributed by atoms with Gasteiger partial charge in [-0.2, -0.15) is 0 Å². The fourth-order valence-corrected chi connectivity index (χ4v) is 3.94. The lowest BCUT2D eigenvalue weighted by atomic mass is 9.92. The van der Waals surface area contributed by atoms with E-state index in [9.17, 15) is 9.59 Å². The number of ketones is 1. The summed E-state index contributed by atoms with van der Waals surface area (Å²) in [4.78, 5) is 25.5. The van der Waals surface area contributed by atoms with E-state index in [-0.39, 0.29) is 11.8 Å². The van der Waals surface area contributed by atoms with Crippen molar-refractivity contribution in [2.24, 2.45) is 0 Å². The van der Waals surface area contributed by atoms with Crippen LogP contribution in [0.15, 0.2) is 30.3 Å². The monoisotopic (exact) mass is 343 g/mol. The molecule has 1 N–H and O–H groups in total. The van der Waals surface area contributed by atoms with Gasteiger partial charge in [0.2, 0.25) is 0 Å². The van der Waals surface area contributed by atoms with E-state index in [0.29, 0.717) is 16.9 Å².